The molecule has 0 saturated carbocycles. The van der Waals surface area contributed by atoms with E-state index in [-0.39, 0.29) is 11.8 Å². The number of amides is 1. The standard InChI is InChI=1S/C22H23ClN2O3/c1-27-16-4-6-17(7-5-16)28-11-10-24-22(26)14-2-8-20-18(12-14)19-13-15(23)3-9-21(19)25-20/h3-7,9,13-14,25H,2,8,10-12H2,1H3,(H,24,26). The average Bonchev–Trinajstić information content (AvgIpc) is 3.08. The minimum Gasteiger partial charge on any atom is -0.497 e. The normalized spacial score (nSPS) is 15.9. The Morgan fingerprint density at radius 2 is 2.00 bits per heavy atom. The topological polar surface area (TPSA) is 63.4 Å². The highest BCUT2D eigenvalue weighted by Crippen LogP contribution is 2.33. The predicted molar refractivity (Wildman–Crippen MR) is 110 cm³/mol. The van der Waals surface area contributed by atoms with Gasteiger partial charge in [0, 0.05) is 27.5 Å². The number of ether oxygens (including phenoxy) is 2. The van der Waals surface area contributed by atoms with E-state index in [1.165, 1.54) is 11.3 Å². The van der Waals surface area contributed by atoms with Gasteiger partial charge in [-0.3, -0.25) is 4.79 Å². The van der Waals surface area contributed by atoms with Crippen molar-refractivity contribution in [2.45, 2.75) is 19.3 Å². The molecule has 28 heavy (non-hydrogen) atoms. The Labute approximate surface area is 169 Å². The number of carbonyl (C=O) groups is 1. The van der Waals surface area contributed by atoms with Crippen LogP contribution in [0.15, 0.2) is 42.5 Å². The second kappa shape index (κ2) is 8.15. The lowest BCUT2D eigenvalue weighted by Crippen LogP contribution is -2.36. The number of aromatic amines is 1. The minimum atomic E-state index is -0.0218. The Hall–Kier alpha value is -2.66. The van der Waals surface area contributed by atoms with Gasteiger partial charge in [0.15, 0.2) is 0 Å². The molecule has 6 heteroatoms. The lowest BCUT2D eigenvalue weighted by Gasteiger charge is -2.22. The van der Waals surface area contributed by atoms with Gasteiger partial charge in [-0.25, -0.2) is 0 Å². The highest BCUT2D eigenvalue weighted by atomic mass is 35.5. The molecule has 1 aliphatic carbocycles. The number of halogens is 1. The molecule has 0 fully saturated rings. The zero-order chi connectivity index (χ0) is 19.5. The van der Waals surface area contributed by atoms with Crippen molar-refractivity contribution in [1.29, 1.82) is 0 Å². The van der Waals surface area contributed by atoms with Gasteiger partial charge in [-0.05, 0) is 67.3 Å². The summed E-state index contributed by atoms with van der Waals surface area (Å²) >= 11 is 6.15. The summed E-state index contributed by atoms with van der Waals surface area (Å²) < 4.78 is 10.8. The zero-order valence-electron chi connectivity index (χ0n) is 15.8. The van der Waals surface area contributed by atoms with Crippen molar-refractivity contribution in [2.75, 3.05) is 20.3 Å². The molecule has 0 aliphatic heterocycles. The summed E-state index contributed by atoms with van der Waals surface area (Å²) in [6.45, 7) is 0.909. The van der Waals surface area contributed by atoms with Gasteiger partial charge in [0.2, 0.25) is 5.91 Å². The van der Waals surface area contributed by atoms with Crippen molar-refractivity contribution < 1.29 is 14.3 Å². The van der Waals surface area contributed by atoms with Gasteiger partial charge in [-0.2, -0.15) is 0 Å². The van der Waals surface area contributed by atoms with Crippen LogP contribution < -0.4 is 14.8 Å². The lowest BCUT2D eigenvalue weighted by atomic mass is 9.86. The van der Waals surface area contributed by atoms with E-state index in [1.54, 1.807) is 7.11 Å². The number of fused-ring (bicyclic) bond motifs is 3. The number of nitrogens with one attached hydrogen (secondary N) is 2. The molecule has 1 amide bonds. The van der Waals surface area contributed by atoms with Crippen LogP contribution in [0.1, 0.15) is 17.7 Å². The molecular formula is C22H23ClN2O3. The maximum Gasteiger partial charge on any atom is 0.223 e. The highest BCUT2D eigenvalue weighted by Gasteiger charge is 2.27. The van der Waals surface area contributed by atoms with Crippen LogP contribution >= 0.6 is 11.6 Å². The Morgan fingerprint density at radius 3 is 2.79 bits per heavy atom. The van der Waals surface area contributed by atoms with Crippen molar-refractivity contribution in [3.8, 4) is 11.5 Å². The van der Waals surface area contributed by atoms with Crippen LogP contribution in [0.25, 0.3) is 10.9 Å². The van der Waals surface area contributed by atoms with Crippen LogP contribution in [-0.4, -0.2) is 31.2 Å². The number of rotatable bonds is 6. The molecule has 1 aliphatic rings. The molecule has 1 aromatic heterocycles. The summed E-state index contributed by atoms with van der Waals surface area (Å²) in [6.07, 6.45) is 2.46. The Morgan fingerprint density at radius 1 is 1.21 bits per heavy atom. The van der Waals surface area contributed by atoms with E-state index >= 15 is 0 Å². The van der Waals surface area contributed by atoms with Crippen LogP contribution in [0.5, 0.6) is 11.5 Å². The van der Waals surface area contributed by atoms with E-state index in [2.05, 4.69) is 10.3 Å². The highest BCUT2D eigenvalue weighted by molar-refractivity contribution is 6.31. The first-order valence-corrected chi connectivity index (χ1v) is 9.85. The van der Waals surface area contributed by atoms with E-state index in [0.717, 1.165) is 46.7 Å². The second-order valence-electron chi connectivity index (χ2n) is 7.03. The Kier molecular flexibility index (Phi) is 5.44. The molecular weight excluding hydrogens is 376 g/mol. The molecule has 1 unspecified atom stereocenters. The summed E-state index contributed by atoms with van der Waals surface area (Å²) in [7, 11) is 1.63. The number of aryl methyl sites for hydroxylation is 1. The van der Waals surface area contributed by atoms with Gasteiger partial charge in [0.25, 0.3) is 0 Å². The number of carbonyl (C=O) groups excluding carboxylic acids is 1. The van der Waals surface area contributed by atoms with E-state index in [0.29, 0.717) is 13.2 Å². The molecule has 4 rings (SSSR count). The third kappa shape index (κ3) is 3.94. The molecule has 0 saturated heterocycles. The van der Waals surface area contributed by atoms with Crippen LogP contribution in [0.2, 0.25) is 5.02 Å². The average molecular weight is 399 g/mol. The van der Waals surface area contributed by atoms with Gasteiger partial charge in [0.05, 0.1) is 13.7 Å². The monoisotopic (exact) mass is 398 g/mol. The molecule has 1 heterocycles. The lowest BCUT2D eigenvalue weighted by molar-refractivity contribution is -0.125. The van der Waals surface area contributed by atoms with Crippen molar-refractivity contribution in [3.05, 3.63) is 58.7 Å². The summed E-state index contributed by atoms with van der Waals surface area (Å²) in [4.78, 5) is 16.1. The first-order chi connectivity index (χ1) is 13.6. The van der Waals surface area contributed by atoms with Gasteiger partial charge in [0.1, 0.15) is 18.1 Å². The molecule has 1 atom stereocenters. The minimum absolute atomic E-state index is 0.0218. The number of hydrogen-bond acceptors (Lipinski definition) is 3. The number of methoxy groups -OCH3 is 1. The molecule has 0 bridgehead atoms. The molecule has 2 aromatic carbocycles. The fourth-order valence-electron chi connectivity index (χ4n) is 3.77. The van der Waals surface area contributed by atoms with Crippen molar-refractivity contribution in [2.24, 2.45) is 5.92 Å². The van der Waals surface area contributed by atoms with Gasteiger partial charge in [-0.15, -0.1) is 0 Å². The second-order valence-corrected chi connectivity index (χ2v) is 7.46. The van der Waals surface area contributed by atoms with E-state index < -0.39 is 0 Å². The predicted octanol–water partition coefficient (Wildman–Crippen LogP) is 4.13. The zero-order valence-corrected chi connectivity index (χ0v) is 16.5. The fourth-order valence-corrected chi connectivity index (χ4v) is 3.94. The number of aromatic nitrogens is 1. The number of hydrogen-bond donors (Lipinski definition) is 2. The third-order valence-electron chi connectivity index (χ3n) is 5.25. The molecule has 146 valence electrons. The van der Waals surface area contributed by atoms with Crippen LogP contribution in [0, 0.1) is 5.92 Å². The quantitative estimate of drug-likeness (QED) is 0.613. The van der Waals surface area contributed by atoms with Gasteiger partial charge >= 0.3 is 0 Å². The van der Waals surface area contributed by atoms with E-state index in [1.807, 2.05) is 42.5 Å². The number of benzene rings is 2. The summed E-state index contributed by atoms with van der Waals surface area (Å²) in [5.74, 6) is 1.61. The van der Waals surface area contributed by atoms with Gasteiger partial charge < -0.3 is 19.8 Å². The Balaban J connectivity index is 1.31. The molecule has 3 aromatic rings. The fraction of sp³-hybridized carbons (Fsp3) is 0.318. The van der Waals surface area contributed by atoms with Crippen LogP contribution in [0.3, 0.4) is 0 Å². The maximum atomic E-state index is 12.6. The molecule has 5 nitrogen and oxygen atoms in total. The first-order valence-electron chi connectivity index (χ1n) is 9.47. The van der Waals surface area contributed by atoms with Gasteiger partial charge in [-0.1, -0.05) is 11.6 Å². The van der Waals surface area contributed by atoms with E-state index in [4.69, 9.17) is 21.1 Å². The van der Waals surface area contributed by atoms with E-state index in [9.17, 15) is 4.79 Å². The van der Waals surface area contributed by atoms with Crippen molar-refractivity contribution >= 4 is 28.4 Å². The van der Waals surface area contributed by atoms with Crippen LogP contribution in [0.4, 0.5) is 0 Å². The summed E-state index contributed by atoms with van der Waals surface area (Å²) in [6, 6.07) is 13.3. The molecule has 0 radical (unpaired) electrons. The summed E-state index contributed by atoms with van der Waals surface area (Å²) in [5.41, 5.74) is 3.53. The summed E-state index contributed by atoms with van der Waals surface area (Å²) in [5, 5.41) is 4.85. The maximum absolute atomic E-state index is 12.6. The number of H-pyrrole nitrogens is 1. The third-order valence-corrected chi connectivity index (χ3v) is 5.49. The first kappa shape index (κ1) is 18.7. The largest absolute Gasteiger partial charge is 0.497 e. The smallest absolute Gasteiger partial charge is 0.223 e. The van der Waals surface area contributed by atoms with Crippen molar-refractivity contribution in [3.63, 3.8) is 0 Å². The van der Waals surface area contributed by atoms with Crippen LogP contribution in [-0.2, 0) is 17.6 Å². The SMILES string of the molecule is COc1ccc(OCCNC(=O)C2CCc3[nH]c4ccc(Cl)cc4c3C2)cc1. The Bertz CT molecular complexity index is 981. The van der Waals surface area contributed by atoms with Crippen molar-refractivity contribution in [1.82, 2.24) is 10.3 Å². The molecule has 2 N–H and O–H groups in total. The molecule has 0 spiro atoms.